The molecule has 1 aromatic carbocycles. The number of nitrogens with zero attached hydrogens (tertiary/aromatic N) is 2. The van der Waals surface area contributed by atoms with Crippen LogP contribution in [-0.2, 0) is 10.0 Å². The van der Waals surface area contributed by atoms with Gasteiger partial charge in [0.05, 0.1) is 14.8 Å². The van der Waals surface area contributed by atoms with Gasteiger partial charge in [-0.25, -0.2) is 17.5 Å². The fourth-order valence-corrected chi connectivity index (χ4v) is 4.78. The molecular weight excluding hydrogens is 413 g/mol. The van der Waals surface area contributed by atoms with Crippen molar-refractivity contribution in [2.75, 3.05) is 39.3 Å². The van der Waals surface area contributed by atoms with Crippen molar-refractivity contribution in [2.45, 2.75) is 4.90 Å². The highest BCUT2D eigenvalue weighted by atomic mass is 35.5. The normalized spacial score (nSPS) is 15.9. The molecule has 10 heteroatoms. The standard InChI is InChI=1S/C17H19ClFN3O3S2/c18-14-12-13(3-4-15(14)19)27(24,25)20-5-6-21-7-9-22(10-8-21)17(23)16-2-1-11-26-16/h1-4,11-12,20H,5-10H2. The fourth-order valence-electron chi connectivity index (χ4n) is 2.80. The highest BCUT2D eigenvalue weighted by molar-refractivity contribution is 7.89. The van der Waals surface area contributed by atoms with Gasteiger partial charge in [-0.2, -0.15) is 0 Å². The van der Waals surface area contributed by atoms with E-state index < -0.39 is 15.8 Å². The summed E-state index contributed by atoms with van der Waals surface area (Å²) in [5, 5.41) is 1.65. The largest absolute Gasteiger partial charge is 0.335 e. The van der Waals surface area contributed by atoms with Crippen LogP contribution in [0, 0.1) is 5.82 Å². The monoisotopic (exact) mass is 431 g/mol. The van der Waals surface area contributed by atoms with Crippen molar-refractivity contribution >= 4 is 38.9 Å². The van der Waals surface area contributed by atoms with Crippen LogP contribution in [0.3, 0.4) is 0 Å². The zero-order valence-electron chi connectivity index (χ0n) is 14.4. The van der Waals surface area contributed by atoms with Gasteiger partial charge >= 0.3 is 0 Å². The molecule has 0 saturated carbocycles. The molecule has 0 bridgehead atoms. The van der Waals surface area contributed by atoms with Crippen molar-refractivity contribution in [3.8, 4) is 0 Å². The number of piperazine rings is 1. The summed E-state index contributed by atoms with van der Waals surface area (Å²) in [5.41, 5.74) is 0. The van der Waals surface area contributed by atoms with Gasteiger partial charge in [-0.1, -0.05) is 17.7 Å². The SMILES string of the molecule is O=C(c1cccs1)N1CCN(CCNS(=O)(=O)c2ccc(F)c(Cl)c2)CC1. The summed E-state index contributed by atoms with van der Waals surface area (Å²) in [4.78, 5) is 16.9. The lowest BCUT2D eigenvalue weighted by Gasteiger charge is -2.34. The molecule has 0 aliphatic carbocycles. The van der Waals surface area contributed by atoms with E-state index in [9.17, 15) is 17.6 Å². The van der Waals surface area contributed by atoms with Gasteiger partial charge in [0.1, 0.15) is 5.82 Å². The predicted octanol–water partition coefficient (Wildman–Crippen LogP) is 2.28. The van der Waals surface area contributed by atoms with Crippen LogP contribution in [0.1, 0.15) is 9.67 Å². The molecule has 1 N–H and O–H groups in total. The van der Waals surface area contributed by atoms with E-state index in [2.05, 4.69) is 9.62 Å². The zero-order valence-corrected chi connectivity index (χ0v) is 16.8. The molecule has 0 atom stereocenters. The first kappa shape index (κ1) is 20.2. The van der Waals surface area contributed by atoms with E-state index in [0.717, 1.165) is 17.0 Å². The molecule has 1 fully saturated rings. The number of carbonyl (C=O) groups is 1. The van der Waals surface area contributed by atoms with E-state index in [4.69, 9.17) is 11.6 Å². The minimum Gasteiger partial charge on any atom is -0.335 e. The van der Waals surface area contributed by atoms with Gasteiger partial charge < -0.3 is 4.90 Å². The second-order valence-electron chi connectivity index (χ2n) is 6.08. The first-order valence-corrected chi connectivity index (χ1v) is 11.1. The van der Waals surface area contributed by atoms with E-state index in [-0.39, 0.29) is 22.4 Å². The van der Waals surface area contributed by atoms with Crippen molar-refractivity contribution in [1.29, 1.82) is 0 Å². The average molecular weight is 432 g/mol. The molecule has 1 aliphatic rings. The van der Waals surface area contributed by atoms with Crippen LogP contribution in [0.4, 0.5) is 4.39 Å². The Morgan fingerprint density at radius 1 is 1.22 bits per heavy atom. The Kier molecular flexibility index (Phi) is 6.48. The van der Waals surface area contributed by atoms with Crippen molar-refractivity contribution < 1.29 is 17.6 Å². The summed E-state index contributed by atoms with van der Waals surface area (Å²) < 4.78 is 40.2. The van der Waals surface area contributed by atoms with Crippen LogP contribution in [0.2, 0.25) is 5.02 Å². The third kappa shape index (κ3) is 5.05. The minimum absolute atomic E-state index is 0.0403. The Balaban J connectivity index is 1.46. The summed E-state index contributed by atoms with van der Waals surface area (Å²) in [7, 11) is -3.75. The van der Waals surface area contributed by atoms with Crippen molar-refractivity contribution in [1.82, 2.24) is 14.5 Å². The van der Waals surface area contributed by atoms with E-state index in [1.165, 1.54) is 17.4 Å². The maximum absolute atomic E-state index is 13.2. The van der Waals surface area contributed by atoms with Crippen molar-refractivity contribution in [3.63, 3.8) is 0 Å². The van der Waals surface area contributed by atoms with Crippen LogP contribution in [0.25, 0.3) is 0 Å². The molecule has 1 amide bonds. The smallest absolute Gasteiger partial charge is 0.264 e. The van der Waals surface area contributed by atoms with Crippen molar-refractivity contribution in [2.24, 2.45) is 0 Å². The molecule has 1 aliphatic heterocycles. The molecule has 3 rings (SSSR count). The molecule has 146 valence electrons. The molecule has 27 heavy (non-hydrogen) atoms. The van der Waals surface area contributed by atoms with Gasteiger partial charge in [-0.3, -0.25) is 9.69 Å². The number of rotatable bonds is 6. The number of hydrogen-bond donors (Lipinski definition) is 1. The van der Waals surface area contributed by atoms with Crippen LogP contribution < -0.4 is 4.72 Å². The Labute approximate surface area is 166 Å². The first-order valence-electron chi connectivity index (χ1n) is 8.37. The number of thiophene rings is 1. The van der Waals surface area contributed by atoms with E-state index >= 15 is 0 Å². The van der Waals surface area contributed by atoms with Gasteiger partial charge in [0, 0.05) is 39.3 Å². The summed E-state index contributed by atoms with van der Waals surface area (Å²) in [5.74, 6) is -0.621. The lowest BCUT2D eigenvalue weighted by molar-refractivity contribution is 0.0645. The fraction of sp³-hybridized carbons (Fsp3) is 0.353. The highest BCUT2D eigenvalue weighted by Crippen LogP contribution is 2.19. The van der Waals surface area contributed by atoms with Crippen LogP contribution in [-0.4, -0.2) is 63.4 Å². The average Bonchev–Trinajstić information content (AvgIpc) is 3.18. The Bertz CT molecular complexity index is 898. The van der Waals surface area contributed by atoms with E-state index in [1.54, 1.807) is 0 Å². The molecule has 0 spiro atoms. The summed E-state index contributed by atoms with van der Waals surface area (Å²) in [6.45, 7) is 3.32. The van der Waals surface area contributed by atoms with Gasteiger partial charge in [-0.05, 0) is 29.6 Å². The van der Waals surface area contributed by atoms with E-state index in [1.807, 2.05) is 22.4 Å². The number of sulfonamides is 1. The maximum Gasteiger partial charge on any atom is 0.264 e. The number of carbonyl (C=O) groups excluding carboxylic acids is 1. The molecular formula is C17H19ClFN3O3S2. The molecule has 0 radical (unpaired) electrons. The Morgan fingerprint density at radius 2 is 1.96 bits per heavy atom. The number of hydrogen-bond acceptors (Lipinski definition) is 5. The van der Waals surface area contributed by atoms with Gasteiger partial charge in [0.2, 0.25) is 10.0 Å². The molecule has 2 heterocycles. The topological polar surface area (TPSA) is 69.7 Å². The number of amides is 1. The number of halogens is 2. The third-order valence-corrected chi connectivity index (χ3v) is 6.92. The van der Waals surface area contributed by atoms with Crippen molar-refractivity contribution in [3.05, 3.63) is 51.4 Å². The number of nitrogens with one attached hydrogen (secondary N) is 1. The van der Waals surface area contributed by atoms with Crippen LogP contribution >= 0.6 is 22.9 Å². The predicted molar refractivity (Wildman–Crippen MR) is 103 cm³/mol. The maximum atomic E-state index is 13.2. The second-order valence-corrected chi connectivity index (χ2v) is 9.21. The van der Waals surface area contributed by atoms with Gasteiger partial charge in [-0.15, -0.1) is 11.3 Å². The Morgan fingerprint density at radius 3 is 2.59 bits per heavy atom. The second kappa shape index (κ2) is 8.66. The lowest BCUT2D eigenvalue weighted by Crippen LogP contribution is -2.50. The molecule has 6 nitrogen and oxygen atoms in total. The quantitative estimate of drug-likeness (QED) is 0.761. The molecule has 1 aromatic heterocycles. The van der Waals surface area contributed by atoms with E-state index in [0.29, 0.717) is 32.7 Å². The van der Waals surface area contributed by atoms with Gasteiger partial charge in [0.25, 0.3) is 5.91 Å². The molecule has 1 saturated heterocycles. The lowest BCUT2D eigenvalue weighted by atomic mass is 10.3. The minimum atomic E-state index is -3.75. The van der Waals surface area contributed by atoms with Crippen LogP contribution in [0.5, 0.6) is 0 Å². The summed E-state index contributed by atoms with van der Waals surface area (Å²) in [6, 6.07) is 6.97. The zero-order chi connectivity index (χ0) is 19.4. The van der Waals surface area contributed by atoms with Gasteiger partial charge in [0.15, 0.2) is 0 Å². The summed E-state index contributed by atoms with van der Waals surface area (Å²) >= 11 is 7.07. The third-order valence-electron chi connectivity index (χ3n) is 4.31. The molecule has 2 aromatic rings. The van der Waals surface area contributed by atoms with Crippen LogP contribution in [0.15, 0.2) is 40.6 Å². The molecule has 0 unspecified atom stereocenters. The number of benzene rings is 1. The first-order chi connectivity index (χ1) is 12.9. The summed E-state index contributed by atoms with van der Waals surface area (Å²) in [6.07, 6.45) is 0. The highest BCUT2D eigenvalue weighted by Gasteiger charge is 2.23. The Hall–Kier alpha value is -1.52.